The first kappa shape index (κ1) is 13.5. The number of carbonyl (C=O) groups excluding carboxylic acids is 1. The second-order valence-electron chi connectivity index (χ2n) is 3.94. The van der Waals surface area contributed by atoms with Gasteiger partial charge in [-0.15, -0.1) is 0 Å². The minimum atomic E-state index is -0.450. The maximum atomic E-state index is 11.1. The molecule has 0 aliphatic heterocycles. The van der Waals surface area contributed by atoms with Crippen LogP contribution in [0.25, 0.3) is 10.8 Å². The van der Waals surface area contributed by atoms with Crippen LogP contribution in [-0.4, -0.2) is 17.7 Å². The van der Waals surface area contributed by atoms with Crippen LogP contribution in [0.15, 0.2) is 24.3 Å². The molecule has 0 amide bonds. The van der Waals surface area contributed by atoms with Crippen molar-refractivity contribution in [3.8, 4) is 17.2 Å². The largest absolute Gasteiger partial charge is 0.504 e. The van der Waals surface area contributed by atoms with Gasteiger partial charge < -0.3 is 14.6 Å². The SMILES string of the molecule is CCOc1cc(OC(C)=O)c2cc(Cl)ccc2c1O. The van der Waals surface area contributed by atoms with Crippen LogP contribution in [0.1, 0.15) is 13.8 Å². The number of ether oxygens (including phenoxy) is 2. The molecule has 100 valence electrons. The summed E-state index contributed by atoms with van der Waals surface area (Å²) in [4.78, 5) is 11.1. The van der Waals surface area contributed by atoms with Crippen LogP contribution in [-0.2, 0) is 4.79 Å². The van der Waals surface area contributed by atoms with Crippen molar-refractivity contribution in [3.05, 3.63) is 29.3 Å². The van der Waals surface area contributed by atoms with Gasteiger partial charge in [-0.25, -0.2) is 0 Å². The lowest BCUT2D eigenvalue weighted by Gasteiger charge is -2.13. The molecule has 0 unspecified atom stereocenters. The number of rotatable bonds is 3. The predicted molar refractivity (Wildman–Crippen MR) is 73.1 cm³/mol. The number of aromatic hydroxyl groups is 1. The number of carbonyl (C=O) groups is 1. The van der Waals surface area contributed by atoms with Crippen LogP contribution in [0.5, 0.6) is 17.2 Å². The number of hydrogen-bond acceptors (Lipinski definition) is 4. The molecule has 0 spiro atoms. The number of halogens is 1. The molecule has 4 nitrogen and oxygen atoms in total. The normalized spacial score (nSPS) is 10.5. The van der Waals surface area contributed by atoms with Crippen molar-refractivity contribution >= 4 is 28.3 Å². The zero-order valence-electron chi connectivity index (χ0n) is 10.6. The highest BCUT2D eigenvalue weighted by atomic mass is 35.5. The van der Waals surface area contributed by atoms with Crippen molar-refractivity contribution in [1.29, 1.82) is 0 Å². The fourth-order valence-corrected chi connectivity index (χ4v) is 2.00. The van der Waals surface area contributed by atoms with Gasteiger partial charge in [-0.3, -0.25) is 4.79 Å². The number of phenolic OH excluding ortho intramolecular Hbond substituents is 1. The molecule has 2 rings (SSSR count). The quantitative estimate of drug-likeness (QED) is 0.690. The maximum absolute atomic E-state index is 11.1. The first-order valence-electron chi connectivity index (χ1n) is 5.79. The molecule has 2 aromatic carbocycles. The standard InChI is InChI=1S/C14H13ClO4/c1-3-18-13-7-12(19-8(2)16)11-6-9(15)4-5-10(11)14(13)17/h4-7,17H,3H2,1-2H3. The highest BCUT2D eigenvalue weighted by Crippen LogP contribution is 2.41. The highest BCUT2D eigenvalue weighted by molar-refractivity contribution is 6.31. The maximum Gasteiger partial charge on any atom is 0.308 e. The summed E-state index contributed by atoms with van der Waals surface area (Å²) >= 11 is 5.93. The molecule has 0 bridgehead atoms. The van der Waals surface area contributed by atoms with Gasteiger partial charge in [-0.05, 0) is 25.1 Å². The Kier molecular flexibility index (Phi) is 3.81. The monoisotopic (exact) mass is 280 g/mol. The lowest BCUT2D eigenvalue weighted by Crippen LogP contribution is -2.03. The van der Waals surface area contributed by atoms with Gasteiger partial charge in [0.05, 0.1) is 6.61 Å². The van der Waals surface area contributed by atoms with Crippen molar-refractivity contribution in [3.63, 3.8) is 0 Å². The van der Waals surface area contributed by atoms with Gasteiger partial charge in [0.15, 0.2) is 11.5 Å². The van der Waals surface area contributed by atoms with E-state index in [2.05, 4.69) is 0 Å². The Morgan fingerprint density at radius 3 is 2.63 bits per heavy atom. The van der Waals surface area contributed by atoms with Crippen LogP contribution in [0.4, 0.5) is 0 Å². The molecule has 1 N–H and O–H groups in total. The van der Waals surface area contributed by atoms with Gasteiger partial charge in [-0.1, -0.05) is 11.6 Å². The lowest BCUT2D eigenvalue weighted by molar-refractivity contribution is -0.131. The molecule has 0 aliphatic rings. The Morgan fingerprint density at radius 1 is 1.26 bits per heavy atom. The third-order valence-electron chi connectivity index (χ3n) is 2.55. The van der Waals surface area contributed by atoms with Crippen molar-refractivity contribution < 1.29 is 19.4 Å². The molecule has 0 fully saturated rings. The van der Waals surface area contributed by atoms with Gasteiger partial charge >= 0.3 is 5.97 Å². The van der Waals surface area contributed by atoms with Crippen molar-refractivity contribution in [1.82, 2.24) is 0 Å². The average molecular weight is 281 g/mol. The molecular formula is C14H13ClO4. The van der Waals surface area contributed by atoms with E-state index in [1.807, 2.05) is 0 Å². The van der Waals surface area contributed by atoms with Crippen LogP contribution < -0.4 is 9.47 Å². The van der Waals surface area contributed by atoms with E-state index < -0.39 is 5.97 Å². The van der Waals surface area contributed by atoms with Gasteiger partial charge in [0.2, 0.25) is 0 Å². The first-order valence-corrected chi connectivity index (χ1v) is 6.17. The number of benzene rings is 2. The van der Waals surface area contributed by atoms with E-state index in [9.17, 15) is 9.90 Å². The molecule has 0 heterocycles. The Balaban J connectivity index is 2.71. The molecule has 0 aromatic heterocycles. The molecule has 0 aliphatic carbocycles. The number of esters is 1. The molecule has 0 atom stereocenters. The van der Waals surface area contributed by atoms with Gasteiger partial charge in [0.25, 0.3) is 0 Å². The summed E-state index contributed by atoms with van der Waals surface area (Å²) in [7, 11) is 0. The van der Waals surface area contributed by atoms with Crippen LogP contribution in [0, 0.1) is 0 Å². The Labute approximate surface area is 115 Å². The molecule has 0 radical (unpaired) electrons. The van der Waals surface area contributed by atoms with E-state index in [1.54, 1.807) is 25.1 Å². The van der Waals surface area contributed by atoms with Crippen molar-refractivity contribution in [2.45, 2.75) is 13.8 Å². The summed E-state index contributed by atoms with van der Waals surface area (Å²) in [5.74, 6) is 0.138. The van der Waals surface area contributed by atoms with E-state index in [1.165, 1.54) is 13.0 Å². The zero-order valence-corrected chi connectivity index (χ0v) is 11.3. The van der Waals surface area contributed by atoms with Crippen LogP contribution in [0.3, 0.4) is 0 Å². The van der Waals surface area contributed by atoms with Gasteiger partial charge in [0.1, 0.15) is 5.75 Å². The molecule has 0 saturated carbocycles. The highest BCUT2D eigenvalue weighted by Gasteiger charge is 2.15. The fraction of sp³-hybridized carbons (Fsp3) is 0.214. The molecule has 19 heavy (non-hydrogen) atoms. The first-order chi connectivity index (χ1) is 9.02. The van der Waals surface area contributed by atoms with E-state index in [-0.39, 0.29) is 11.5 Å². The van der Waals surface area contributed by atoms with Crippen LogP contribution >= 0.6 is 11.6 Å². The van der Waals surface area contributed by atoms with Crippen LogP contribution in [0.2, 0.25) is 5.02 Å². The molecule has 5 heteroatoms. The lowest BCUT2D eigenvalue weighted by atomic mass is 10.1. The molecule has 0 saturated heterocycles. The van der Waals surface area contributed by atoms with Crippen molar-refractivity contribution in [2.75, 3.05) is 6.61 Å². The minimum Gasteiger partial charge on any atom is -0.504 e. The predicted octanol–water partition coefficient (Wildman–Crippen LogP) is 3.52. The summed E-state index contributed by atoms with van der Waals surface area (Å²) in [5, 5.41) is 11.7. The van der Waals surface area contributed by atoms with E-state index >= 15 is 0 Å². The number of phenols is 1. The summed E-state index contributed by atoms with van der Waals surface area (Å²) in [6.45, 7) is 3.51. The topological polar surface area (TPSA) is 55.8 Å². The van der Waals surface area contributed by atoms with E-state index in [4.69, 9.17) is 21.1 Å². The number of hydrogen-bond donors (Lipinski definition) is 1. The van der Waals surface area contributed by atoms with Crippen molar-refractivity contribution in [2.24, 2.45) is 0 Å². The number of fused-ring (bicyclic) bond motifs is 1. The average Bonchev–Trinajstić information content (AvgIpc) is 2.34. The molecule has 2 aromatic rings. The summed E-state index contributed by atoms with van der Waals surface area (Å²) in [6.07, 6.45) is 0. The third-order valence-corrected chi connectivity index (χ3v) is 2.79. The third kappa shape index (κ3) is 2.74. The summed E-state index contributed by atoms with van der Waals surface area (Å²) in [6, 6.07) is 6.42. The Hall–Kier alpha value is -1.94. The molecular weight excluding hydrogens is 268 g/mol. The van der Waals surface area contributed by atoms with E-state index in [0.29, 0.717) is 28.2 Å². The zero-order chi connectivity index (χ0) is 14.0. The van der Waals surface area contributed by atoms with E-state index in [0.717, 1.165) is 0 Å². The smallest absolute Gasteiger partial charge is 0.308 e. The summed E-state index contributed by atoms with van der Waals surface area (Å²) < 4.78 is 10.5. The van der Waals surface area contributed by atoms with Gasteiger partial charge in [0, 0.05) is 28.8 Å². The Morgan fingerprint density at radius 2 is 2.00 bits per heavy atom. The summed E-state index contributed by atoms with van der Waals surface area (Å²) in [5.41, 5.74) is 0. The minimum absolute atomic E-state index is 0.00409. The van der Waals surface area contributed by atoms with Gasteiger partial charge in [-0.2, -0.15) is 0 Å². The second-order valence-corrected chi connectivity index (χ2v) is 4.37. The fourth-order valence-electron chi connectivity index (χ4n) is 1.83. The second kappa shape index (κ2) is 5.36. The Bertz CT molecular complexity index is 637.